The van der Waals surface area contributed by atoms with Crippen LogP contribution in [0.5, 0.6) is 0 Å². The van der Waals surface area contributed by atoms with Gasteiger partial charge in [0.25, 0.3) is 5.56 Å². The summed E-state index contributed by atoms with van der Waals surface area (Å²) in [5.74, 6) is -2.69. The topological polar surface area (TPSA) is 117 Å². The van der Waals surface area contributed by atoms with Crippen molar-refractivity contribution in [3.8, 4) is 0 Å². The SMILES string of the molecule is C[C@]1(F)C(n2ccc(=O)[nH]c2=O)OC(COC(=O)CCl)[C@H]1OC(=O)CCl. The van der Waals surface area contributed by atoms with E-state index in [2.05, 4.69) is 0 Å². The smallest absolute Gasteiger partial charge is 0.330 e. The summed E-state index contributed by atoms with van der Waals surface area (Å²) in [6.07, 6.45) is -3.27. The fourth-order valence-electron chi connectivity index (χ4n) is 2.53. The molecule has 1 aromatic heterocycles. The first kappa shape index (κ1) is 20.4. The summed E-state index contributed by atoms with van der Waals surface area (Å²) in [5.41, 5.74) is -4.00. The van der Waals surface area contributed by atoms with E-state index in [-0.39, 0.29) is 0 Å². The van der Waals surface area contributed by atoms with Crippen LogP contribution in [-0.2, 0) is 23.8 Å². The molecule has 0 saturated carbocycles. The second kappa shape index (κ2) is 8.19. The lowest BCUT2D eigenvalue weighted by molar-refractivity contribution is -0.158. The zero-order chi connectivity index (χ0) is 19.5. The maximum absolute atomic E-state index is 15.4. The number of esters is 2. The van der Waals surface area contributed by atoms with E-state index >= 15 is 4.39 Å². The molecule has 1 fully saturated rings. The highest BCUT2D eigenvalue weighted by Crippen LogP contribution is 2.42. The van der Waals surface area contributed by atoms with Crippen LogP contribution < -0.4 is 11.2 Å². The highest BCUT2D eigenvalue weighted by atomic mass is 35.5. The summed E-state index contributed by atoms with van der Waals surface area (Å²) >= 11 is 10.7. The number of alkyl halides is 3. The van der Waals surface area contributed by atoms with Gasteiger partial charge in [-0.3, -0.25) is 23.9 Å². The number of hydrogen-bond donors (Lipinski definition) is 1. The van der Waals surface area contributed by atoms with Crippen molar-refractivity contribution in [2.24, 2.45) is 0 Å². The van der Waals surface area contributed by atoms with Crippen molar-refractivity contribution in [2.45, 2.75) is 31.0 Å². The van der Waals surface area contributed by atoms with Gasteiger partial charge in [0.2, 0.25) is 0 Å². The molecule has 0 spiro atoms. The lowest BCUT2D eigenvalue weighted by atomic mass is 9.98. The molecule has 0 bridgehead atoms. The fraction of sp³-hybridized carbons (Fsp3) is 0.571. The summed E-state index contributed by atoms with van der Waals surface area (Å²) < 4.78 is 31.5. The number of carbonyl (C=O) groups is 2. The van der Waals surface area contributed by atoms with Gasteiger partial charge in [0.05, 0.1) is 0 Å². The maximum atomic E-state index is 15.4. The average Bonchev–Trinajstić information content (AvgIpc) is 2.83. The number of nitrogens with one attached hydrogen (secondary N) is 1. The van der Waals surface area contributed by atoms with Crippen LogP contribution in [0.4, 0.5) is 4.39 Å². The van der Waals surface area contributed by atoms with E-state index in [9.17, 15) is 19.2 Å². The highest BCUT2D eigenvalue weighted by molar-refractivity contribution is 6.26. The quantitative estimate of drug-likeness (QED) is 0.519. The van der Waals surface area contributed by atoms with Gasteiger partial charge in [0, 0.05) is 12.3 Å². The van der Waals surface area contributed by atoms with Gasteiger partial charge in [-0.05, 0) is 6.92 Å². The molecule has 12 heteroatoms. The number of aromatic nitrogens is 2. The maximum Gasteiger partial charge on any atom is 0.330 e. The first-order chi connectivity index (χ1) is 12.2. The number of halogens is 3. The molecule has 0 radical (unpaired) electrons. The molecule has 0 aromatic carbocycles. The molecule has 1 saturated heterocycles. The van der Waals surface area contributed by atoms with Crippen molar-refractivity contribution in [3.63, 3.8) is 0 Å². The minimum absolute atomic E-state index is 0.436. The number of nitrogens with zero attached hydrogens (tertiary/aromatic N) is 1. The zero-order valence-electron chi connectivity index (χ0n) is 13.4. The van der Waals surface area contributed by atoms with Crippen molar-refractivity contribution in [2.75, 3.05) is 18.4 Å². The van der Waals surface area contributed by atoms with E-state index < -0.39 is 65.7 Å². The summed E-state index contributed by atoms with van der Waals surface area (Å²) in [6.45, 7) is 0.574. The third kappa shape index (κ3) is 4.25. The first-order valence-electron chi connectivity index (χ1n) is 7.33. The van der Waals surface area contributed by atoms with Crippen molar-refractivity contribution < 1.29 is 28.2 Å². The van der Waals surface area contributed by atoms with Crippen LogP contribution in [-0.4, -0.2) is 57.7 Å². The minimum atomic E-state index is -2.40. The van der Waals surface area contributed by atoms with Crippen LogP contribution >= 0.6 is 23.2 Å². The Hall–Kier alpha value is -1.91. The predicted octanol–water partition coefficient (Wildman–Crippen LogP) is 0.0948. The van der Waals surface area contributed by atoms with Gasteiger partial charge < -0.3 is 14.2 Å². The highest BCUT2D eigenvalue weighted by Gasteiger charge is 2.58. The molecule has 4 atom stereocenters. The van der Waals surface area contributed by atoms with Gasteiger partial charge in [0.1, 0.15) is 24.5 Å². The second-order valence-electron chi connectivity index (χ2n) is 5.56. The Bertz CT molecular complexity index is 794. The molecule has 2 unspecified atom stereocenters. The Labute approximate surface area is 155 Å². The molecule has 144 valence electrons. The molecule has 1 aliphatic rings. The van der Waals surface area contributed by atoms with Crippen LogP contribution in [0.3, 0.4) is 0 Å². The third-order valence-electron chi connectivity index (χ3n) is 3.67. The molecule has 9 nitrogen and oxygen atoms in total. The van der Waals surface area contributed by atoms with Crippen molar-refractivity contribution in [1.29, 1.82) is 0 Å². The molecule has 26 heavy (non-hydrogen) atoms. The summed E-state index contributed by atoms with van der Waals surface area (Å²) in [7, 11) is 0. The number of rotatable bonds is 6. The number of hydrogen-bond acceptors (Lipinski definition) is 7. The molecule has 2 rings (SSSR count). The largest absolute Gasteiger partial charge is 0.462 e. The van der Waals surface area contributed by atoms with E-state index in [1.54, 1.807) is 0 Å². The Morgan fingerprint density at radius 1 is 1.35 bits per heavy atom. The number of ether oxygens (including phenoxy) is 3. The molecular formula is C14H15Cl2FN2O7. The van der Waals surface area contributed by atoms with Crippen LogP contribution in [0.1, 0.15) is 13.2 Å². The standard InChI is InChI=1S/C14H15Cl2FN2O7/c1-14(17)11(26-10(22)5-16)7(6-24-9(21)4-15)25-12(14)19-3-2-8(20)18-13(19)23/h2-3,7,11-12H,4-6H2,1H3,(H,18,20,23)/t7?,11-,12?,14-/m1/s1. The Morgan fingerprint density at radius 3 is 2.58 bits per heavy atom. The van der Waals surface area contributed by atoms with Gasteiger partial charge >= 0.3 is 17.6 Å². The number of H-pyrrole nitrogens is 1. The molecule has 0 amide bonds. The van der Waals surface area contributed by atoms with E-state index in [4.69, 9.17) is 37.4 Å². The molecule has 1 aliphatic heterocycles. The Balaban J connectivity index is 2.35. The van der Waals surface area contributed by atoms with Gasteiger partial charge in [-0.15, -0.1) is 23.2 Å². The first-order valence-corrected chi connectivity index (χ1v) is 8.40. The van der Waals surface area contributed by atoms with Gasteiger partial charge in [-0.2, -0.15) is 0 Å². The van der Waals surface area contributed by atoms with Gasteiger partial charge in [-0.25, -0.2) is 9.18 Å². The molecule has 0 aliphatic carbocycles. The minimum Gasteiger partial charge on any atom is -0.462 e. The Morgan fingerprint density at radius 2 is 2.00 bits per heavy atom. The average molecular weight is 413 g/mol. The van der Waals surface area contributed by atoms with Crippen LogP contribution in [0, 0.1) is 0 Å². The number of aromatic amines is 1. The van der Waals surface area contributed by atoms with Crippen molar-refractivity contribution in [1.82, 2.24) is 9.55 Å². The van der Waals surface area contributed by atoms with Crippen LogP contribution in [0.15, 0.2) is 21.9 Å². The number of carbonyl (C=O) groups excluding carboxylic acids is 2. The molecule has 1 N–H and O–H groups in total. The van der Waals surface area contributed by atoms with E-state index in [1.165, 1.54) is 0 Å². The zero-order valence-corrected chi connectivity index (χ0v) is 15.0. The van der Waals surface area contributed by atoms with E-state index in [0.29, 0.717) is 0 Å². The van der Waals surface area contributed by atoms with Crippen molar-refractivity contribution in [3.05, 3.63) is 33.1 Å². The monoisotopic (exact) mass is 412 g/mol. The third-order valence-corrected chi connectivity index (χ3v) is 4.11. The normalized spacial score (nSPS) is 27.9. The lowest BCUT2D eigenvalue weighted by Crippen LogP contribution is -2.46. The van der Waals surface area contributed by atoms with Gasteiger partial charge in [0.15, 0.2) is 18.0 Å². The molecule has 1 aromatic rings. The molecular weight excluding hydrogens is 398 g/mol. The van der Waals surface area contributed by atoms with E-state index in [1.807, 2.05) is 4.98 Å². The summed E-state index contributed by atoms with van der Waals surface area (Å²) in [6, 6.07) is 1.00. The summed E-state index contributed by atoms with van der Waals surface area (Å²) in [5, 5.41) is 0. The van der Waals surface area contributed by atoms with Gasteiger partial charge in [-0.1, -0.05) is 0 Å². The Kier molecular flexibility index (Phi) is 6.43. The van der Waals surface area contributed by atoms with Crippen LogP contribution in [0.2, 0.25) is 0 Å². The second-order valence-corrected chi connectivity index (χ2v) is 6.09. The van der Waals surface area contributed by atoms with E-state index in [0.717, 1.165) is 23.8 Å². The fourth-order valence-corrected chi connectivity index (χ4v) is 2.67. The summed E-state index contributed by atoms with van der Waals surface area (Å²) in [4.78, 5) is 47.9. The predicted molar refractivity (Wildman–Crippen MR) is 87.0 cm³/mol. The van der Waals surface area contributed by atoms with Crippen LogP contribution in [0.25, 0.3) is 0 Å². The lowest BCUT2D eigenvalue weighted by Gasteiger charge is -2.27. The van der Waals surface area contributed by atoms with Crippen molar-refractivity contribution >= 4 is 35.1 Å². The molecule has 2 heterocycles.